The van der Waals surface area contributed by atoms with Crippen molar-refractivity contribution < 1.29 is 0 Å². The van der Waals surface area contributed by atoms with Gasteiger partial charge in [0.1, 0.15) is 0 Å². The van der Waals surface area contributed by atoms with Gasteiger partial charge in [-0.15, -0.1) is 0 Å². The van der Waals surface area contributed by atoms with Crippen molar-refractivity contribution in [3.63, 3.8) is 0 Å². The molecule has 5 heavy (non-hydrogen) atoms. The van der Waals surface area contributed by atoms with Gasteiger partial charge in [0.2, 0.25) is 0 Å². The summed E-state index contributed by atoms with van der Waals surface area (Å²) in [5.41, 5.74) is 0. The minimum atomic E-state index is 1.34. The summed E-state index contributed by atoms with van der Waals surface area (Å²) in [4.78, 5) is 0. The van der Waals surface area contributed by atoms with Gasteiger partial charge >= 0.3 is 42.6 Å². The van der Waals surface area contributed by atoms with E-state index in [0.29, 0.717) is 0 Å². The first-order valence-electron chi connectivity index (χ1n) is 2.41. The second-order valence-corrected chi connectivity index (χ2v) is 1.35. The van der Waals surface area contributed by atoms with Crippen molar-refractivity contribution in [3.8, 4) is 0 Å². The third kappa shape index (κ3) is 4.60. The van der Waals surface area contributed by atoms with Crippen molar-refractivity contribution >= 4 is 17.7 Å². The van der Waals surface area contributed by atoms with E-state index in [0.717, 1.165) is 0 Å². The zero-order chi connectivity index (χ0) is 4.12. The molecule has 0 amide bonds. The van der Waals surface area contributed by atoms with Gasteiger partial charge in [0.25, 0.3) is 0 Å². The van der Waals surface area contributed by atoms with E-state index >= 15 is 0 Å². The molecule has 0 rings (SSSR count). The summed E-state index contributed by atoms with van der Waals surface area (Å²) in [7, 11) is 0. The molecule has 0 aromatic rings. The van der Waals surface area contributed by atoms with E-state index in [1.807, 2.05) is 0 Å². The Morgan fingerprint density at radius 2 is 2.20 bits per heavy atom. The predicted octanol–water partition coefficient (Wildman–Crippen LogP) is 1.37. The van der Waals surface area contributed by atoms with Crippen LogP contribution >= 0.6 is 0 Å². The van der Waals surface area contributed by atoms with E-state index < -0.39 is 0 Å². The van der Waals surface area contributed by atoms with E-state index in [9.17, 15) is 0 Å². The summed E-state index contributed by atoms with van der Waals surface area (Å²) in [6, 6.07) is 0. The van der Waals surface area contributed by atoms with Crippen LogP contribution in [0.2, 0.25) is 5.09 Å². The van der Waals surface area contributed by atoms with Crippen molar-refractivity contribution in [3.05, 3.63) is 0 Å². The summed E-state index contributed by atoms with van der Waals surface area (Å²) in [6.07, 6.45) is 2.73. The second-order valence-electron chi connectivity index (χ2n) is 1.35. The molecule has 0 atom stereocenters. The molecule has 0 aliphatic carbocycles. The molecule has 26 valence electrons. The van der Waals surface area contributed by atoms with Gasteiger partial charge in [-0.2, -0.15) is 0 Å². The fourth-order valence-electron chi connectivity index (χ4n) is 0.354. The summed E-state index contributed by atoms with van der Waals surface area (Å²) >= 11 is 2.21. The Morgan fingerprint density at radius 1 is 1.60 bits per heavy atom. The molecule has 0 nitrogen and oxygen atoms in total. The van der Waals surface area contributed by atoms with Crippen LogP contribution in [-0.4, -0.2) is 17.7 Å². The fourth-order valence-corrected chi connectivity index (χ4v) is 0.354. The Balaban J connectivity index is 2.19. The molecule has 0 saturated heterocycles. The maximum absolute atomic E-state index is 2.21. The van der Waals surface area contributed by atoms with Crippen molar-refractivity contribution in [2.24, 2.45) is 0 Å². The van der Waals surface area contributed by atoms with Gasteiger partial charge in [-0.1, -0.05) is 0 Å². The quantitative estimate of drug-likeness (QED) is 0.435. The Morgan fingerprint density at radius 3 is 2.20 bits per heavy atom. The molecule has 0 aliphatic rings. The molecule has 0 aromatic heterocycles. The Bertz CT molecular complexity index is 11.1. The van der Waals surface area contributed by atoms with E-state index in [2.05, 4.69) is 24.6 Å². The molecule has 0 heterocycles. The number of unbranched alkanes of at least 4 members (excludes halogenated alkanes) is 1. The van der Waals surface area contributed by atoms with Crippen LogP contribution in [0.15, 0.2) is 0 Å². The van der Waals surface area contributed by atoms with Gasteiger partial charge in [0, 0.05) is 0 Å². The second kappa shape index (κ2) is 4.60. The molecular formula is C4H9Li. The Labute approximate surface area is 43.2 Å². The molecule has 0 bridgehead atoms. The topological polar surface area (TPSA) is 0 Å². The molecule has 0 unspecified atom stereocenters. The van der Waals surface area contributed by atoms with Crippen LogP contribution in [0.4, 0.5) is 0 Å². The Hall–Kier alpha value is 0.597. The van der Waals surface area contributed by atoms with Crippen molar-refractivity contribution in [1.29, 1.82) is 0 Å². The van der Waals surface area contributed by atoms with Gasteiger partial charge in [0.15, 0.2) is 0 Å². The molecule has 0 aliphatic heterocycles. The standard InChI is InChI=1S/C4H9.Li/c1-3-4-2;/h1,3-4H2,2H3;/i;1+11. The molecule has 0 N–H and O–H groups in total. The summed E-state index contributed by atoms with van der Waals surface area (Å²) in [6.45, 7) is 2.21. The van der Waals surface area contributed by atoms with Gasteiger partial charge in [-0.3, -0.25) is 0 Å². The van der Waals surface area contributed by atoms with E-state index in [1.54, 1.807) is 0 Å². The molecular weight excluding hydrogens is 66.0 g/mol. The van der Waals surface area contributed by atoms with Gasteiger partial charge in [-0.05, 0) is 0 Å². The monoisotopic (exact) mass is 75.1 g/mol. The molecule has 1 heteroatoms. The van der Waals surface area contributed by atoms with Gasteiger partial charge in [-0.25, -0.2) is 0 Å². The first-order chi connectivity index (χ1) is 2.41. The van der Waals surface area contributed by atoms with Gasteiger partial charge in [0.05, 0.1) is 0 Å². The minimum absolute atomic E-state index is 1.34. The average Bonchev–Trinajstić information content (AvgIpc) is 1.41. The van der Waals surface area contributed by atoms with Crippen molar-refractivity contribution in [1.82, 2.24) is 0 Å². The molecule has 0 spiro atoms. The van der Waals surface area contributed by atoms with Crippen molar-refractivity contribution in [2.45, 2.75) is 24.9 Å². The van der Waals surface area contributed by atoms with Crippen LogP contribution in [0, 0.1) is 0 Å². The van der Waals surface area contributed by atoms with E-state index in [4.69, 9.17) is 0 Å². The van der Waals surface area contributed by atoms with Gasteiger partial charge < -0.3 is 0 Å². The van der Waals surface area contributed by atoms with Crippen LogP contribution in [0.5, 0.6) is 0 Å². The molecule has 0 saturated carbocycles. The van der Waals surface area contributed by atoms with E-state index in [1.165, 1.54) is 17.9 Å². The van der Waals surface area contributed by atoms with E-state index in [-0.39, 0.29) is 0 Å². The first kappa shape index (κ1) is 5.60. The maximum atomic E-state index is 2.21. The van der Waals surface area contributed by atoms with Crippen LogP contribution < -0.4 is 0 Å². The Kier molecular flexibility index (Phi) is 5.15. The zero-order valence-corrected chi connectivity index (χ0v) is 4.12. The fraction of sp³-hybridized carbons (Fsp3) is 1.00. The average molecular weight is 75.1 g/mol. The molecule has 0 radical (unpaired) electrons. The van der Waals surface area contributed by atoms with Crippen LogP contribution in [0.1, 0.15) is 19.8 Å². The number of hydrogen-bond donors (Lipinski definition) is 0. The first-order valence-corrected chi connectivity index (χ1v) is 2.41. The third-order valence-corrected chi connectivity index (χ3v) is 0.707. The summed E-state index contributed by atoms with van der Waals surface area (Å²) in [5, 5.41) is 1.34. The van der Waals surface area contributed by atoms with Crippen LogP contribution in [0.25, 0.3) is 0 Å². The van der Waals surface area contributed by atoms with Crippen molar-refractivity contribution in [2.75, 3.05) is 0 Å². The molecule has 0 aromatic carbocycles. The van der Waals surface area contributed by atoms with Crippen LogP contribution in [-0.2, 0) is 0 Å². The normalized spacial score (nSPS) is 8.60. The third-order valence-electron chi connectivity index (χ3n) is 0.707. The zero-order valence-electron chi connectivity index (χ0n) is 4.12. The molecule has 0 fully saturated rings. The number of rotatable bonds is 2. The predicted molar refractivity (Wildman–Crippen MR) is 25.5 cm³/mol. The number of hydrogen-bond acceptors (Lipinski definition) is 0. The summed E-state index contributed by atoms with van der Waals surface area (Å²) < 4.78 is 0. The summed E-state index contributed by atoms with van der Waals surface area (Å²) in [5.74, 6) is 0. The van der Waals surface area contributed by atoms with Crippen LogP contribution in [0.3, 0.4) is 0 Å². The SMILES string of the molecule is [18Li][CH2]CCC.